The Labute approximate surface area is 129 Å². The van der Waals surface area contributed by atoms with E-state index in [4.69, 9.17) is 5.21 Å². The van der Waals surface area contributed by atoms with Crippen molar-refractivity contribution in [3.05, 3.63) is 70.8 Å². The van der Waals surface area contributed by atoms with E-state index in [9.17, 15) is 4.79 Å². The topological polar surface area (TPSA) is 55.8 Å². The number of amides is 1. The van der Waals surface area contributed by atoms with Crippen molar-refractivity contribution in [1.29, 1.82) is 0 Å². The first kappa shape index (κ1) is 14.7. The molecule has 0 aliphatic carbocycles. The highest BCUT2D eigenvalue weighted by atomic mass is 16.5. The summed E-state index contributed by atoms with van der Waals surface area (Å²) >= 11 is 0. The van der Waals surface area contributed by atoms with Gasteiger partial charge >= 0.3 is 0 Å². The lowest BCUT2D eigenvalue weighted by molar-refractivity contribution is -0.0367. The van der Waals surface area contributed by atoms with Crippen LogP contribution in [0.25, 0.3) is 0 Å². The molecule has 0 saturated carbocycles. The fourth-order valence-electron chi connectivity index (χ4n) is 2.77. The van der Waals surface area contributed by atoms with Gasteiger partial charge in [-0.3, -0.25) is 10.0 Å². The van der Waals surface area contributed by atoms with Crippen LogP contribution in [0.15, 0.2) is 48.5 Å². The molecule has 114 valence electrons. The first-order valence-corrected chi connectivity index (χ1v) is 7.23. The minimum Gasteiger partial charge on any atom is -0.288 e. The van der Waals surface area contributed by atoms with Crippen molar-refractivity contribution in [2.75, 3.05) is 7.05 Å². The Hall–Kier alpha value is -2.21. The summed E-state index contributed by atoms with van der Waals surface area (Å²) in [5, 5.41) is 13.2. The zero-order valence-electron chi connectivity index (χ0n) is 12.5. The molecule has 2 N–H and O–H groups in total. The van der Waals surface area contributed by atoms with E-state index >= 15 is 0 Å². The molecule has 0 radical (unpaired) electrons. The van der Waals surface area contributed by atoms with E-state index in [1.807, 2.05) is 30.3 Å². The molecule has 1 aliphatic heterocycles. The molecule has 5 nitrogen and oxygen atoms in total. The van der Waals surface area contributed by atoms with Crippen molar-refractivity contribution in [3.63, 3.8) is 0 Å². The minimum atomic E-state index is -0.476. The molecule has 2 aromatic carbocycles. The zero-order chi connectivity index (χ0) is 15.5. The lowest BCUT2D eigenvalue weighted by Crippen LogP contribution is -2.42. The van der Waals surface area contributed by atoms with Crippen molar-refractivity contribution in [2.24, 2.45) is 0 Å². The van der Waals surface area contributed by atoms with Gasteiger partial charge in [-0.2, -0.15) is 0 Å². The molecule has 0 spiro atoms. The van der Waals surface area contributed by atoms with E-state index in [1.54, 1.807) is 11.5 Å². The molecule has 22 heavy (non-hydrogen) atoms. The quantitative estimate of drug-likeness (QED) is 0.673. The Bertz CT molecular complexity index is 673. The van der Waals surface area contributed by atoms with Gasteiger partial charge in [-0.05, 0) is 28.8 Å². The van der Waals surface area contributed by atoms with Crippen LogP contribution in [-0.2, 0) is 19.6 Å². The van der Waals surface area contributed by atoms with Crippen LogP contribution in [0.3, 0.4) is 0 Å². The van der Waals surface area contributed by atoms with Crippen LogP contribution in [0.2, 0.25) is 0 Å². The van der Waals surface area contributed by atoms with E-state index in [-0.39, 0.29) is 0 Å². The van der Waals surface area contributed by atoms with Gasteiger partial charge in [0.15, 0.2) is 0 Å². The molecule has 3 rings (SSSR count). The summed E-state index contributed by atoms with van der Waals surface area (Å²) in [7, 11) is 2.07. The molecule has 1 aliphatic rings. The summed E-state index contributed by atoms with van der Waals surface area (Å²) < 4.78 is 0. The molecule has 1 heterocycles. The summed E-state index contributed by atoms with van der Waals surface area (Å²) in [5.74, 6) is -0.476. The highest BCUT2D eigenvalue weighted by Crippen LogP contribution is 2.24. The van der Waals surface area contributed by atoms with Crippen LogP contribution in [0.4, 0.5) is 0 Å². The van der Waals surface area contributed by atoms with Crippen molar-refractivity contribution in [1.82, 2.24) is 15.5 Å². The van der Waals surface area contributed by atoms with Crippen molar-refractivity contribution < 1.29 is 10.0 Å². The Balaban J connectivity index is 1.82. The number of hydroxylamine groups is 1. The second-order valence-corrected chi connectivity index (χ2v) is 5.55. The number of benzene rings is 2. The van der Waals surface area contributed by atoms with E-state index in [0.717, 1.165) is 25.2 Å². The molecule has 1 amide bonds. The highest BCUT2D eigenvalue weighted by Gasteiger charge is 2.22. The maximum atomic E-state index is 11.6. The Morgan fingerprint density at radius 1 is 1.14 bits per heavy atom. The summed E-state index contributed by atoms with van der Waals surface area (Å²) in [6.07, 6.45) is 0. The van der Waals surface area contributed by atoms with Gasteiger partial charge in [0.2, 0.25) is 0 Å². The van der Waals surface area contributed by atoms with Crippen molar-refractivity contribution in [2.45, 2.75) is 19.6 Å². The number of carbonyl (C=O) groups is 1. The van der Waals surface area contributed by atoms with Crippen LogP contribution >= 0.6 is 0 Å². The maximum Gasteiger partial charge on any atom is 0.274 e. The predicted octanol–water partition coefficient (Wildman–Crippen LogP) is 2.17. The van der Waals surface area contributed by atoms with Crippen LogP contribution in [0, 0.1) is 0 Å². The number of fused-ring (bicyclic) bond motifs is 1. The van der Waals surface area contributed by atoms with Crippen LogP contribution in [0.1, 0.15) is 27.0 Å². The zero-order valence-corrected chi connectivity index (χ0v) is 12.5. The van der Waals surface area contributed by atoms with E-state index in [1.165, 1.54) is 11.1 Å². The molecule has 0 unspecified atom stereocenters. The van der Waals surface area contributed by atoms with E-state index in [2.05, 4.69) is 29.2 Å². The monoisotopic (exact) mass is 297 g/mol. The summed E-state index contributed by atoms with van der Waals surface area (Å²) in [6, 6.07) is 15.9. The first-order chi connectivity index (χ1) is 10.7. The maximum absolute atomic E-state index is 11.6. The van der Waals surface area contributed by atoms with E-state index in [0.29, 0.717) is 5.56 Å². The van der Waals surface area contributed by atoms with Crippen LogP contribution in [-0.4, -0.2) is 28.2 Å². The summed E-state index contributed by atoms with van der Waals surface area (Å²) in [4.78, 5) is 11.6. The minimum absolute atomic E-state index is 0.476. The third-order valence-corrected chi connectivity index (χ3v) is 4.01. The van der Waals surface area contributed by atoms with Gasteiger partial charge in [0.1, 0.15) is 0 Å². The number of hydrogen-bond acceptors (Lipinski definition) is 4. The average molecular weight is 297 g/mol. The van der Waals surface area contributed by atoms with Gasteiger partial charge in [-0.25, -0.2) is 15.5 Å². The smallest absolute Gasteiger partial charge is 0.274 e. The second kappa shape index (κ2) is 6.27. The Kier molecular flexibility index (Phi) is 4.20. The first-order valence-electron chi connectivity index (χ1n) is 7.23. The third-order valence-electron chi connectivity index (χ3n) is 4.01. The number of hydrogen-bond donors (Lipinski definition) is 2. The summed E-state index contributed by atoms with van der Waals surface area (Å²) in [5.41, 5.74) is 5.74. The molecule has 0 aromatic heterocycles. The second-order valence-electron chi connectivity index (χ2n) is 5.55. The molecule has 0 fully saturated rings. The van der Waals surface area contributed by atoms with Crippen molar-refractivity contribution >= 4 is 5.91 Å². The Morgan fingerprint density at radius 3 is 2.64 bits per heavy atom. The number of rotatable bonds is 3. The van der Waals surface area contributed by atoms with Gasteiger partial charge in [0, 0.05) is 32.2 Å². The molecular weight excluding hydrogens is 278 g/mol. The van der Waals surface area contributed by atoms with Crippen molar-refractivity contribution in [3.8, 4) is 0 Å². The van der Waals surface area contributed by atoms with Gasteiger partial charge < -0.3 is 0 Å². The van der Waals surface area contributed by atoms with Gasteiger partial charge in [-0.15, -0.1) is 0 Å². The highest BCUT2D eigenvalue weighted by molar-refractivity contribution is 5.93. The molecule has 2 aromatic rings. The van der Waals surface area contributed by atoms with Crippen LogP contribution < -0.4 is 5.48 Å². The normalized spacial score (nSPS) is 15.4. The number of hydrazine groups is 1. The van der Waals surface area contributed by atoms with E-state index < -0.39 is 5.91 Å². The molecule has 0 bridgehead atoms. The Morgan fingerprint density at radius 2 is 1.91 bits per heavy atom. The number of nitrogens with zero attached hydrogens (tertiary/aromatic N) is 2. The number of carbonyl (C=O) groups excluding carboxylic acids is 1. The predicted molar refractivity (Wildman–Crippen MR) is 82.9 cm³/mol. The van der Waals surface area contributed by atoms with Gasteiger partial charge in [-0.1, -0.05) is 36.4 Å². The SMILES string of the molecule is CN1Cc2ccc(C(=O)NO)cc2CN1Cc1ccccc1. The lowest BCUT2D eigenvalue weighted by Gasteiger charge is -2.37. The average Bonchev–Trinajstić information content (AvgIpc) is 2.55. The molecule has 5 heteroatoms. The molecule has 0 atom stereocenters. The largest absolute Gasteiger partial charge is 0.288 e. The standard InChI is InChI=1S/C17H19N3O2/c1-19-11-15-8-7-14(17(21)18-22)9-16(15)12-20(19)10-13-5-3-2-4-6-13/h2-9,22H,10-12H2,1H3,(H,18,21). The fourth-order valence-corrected chi connectivity index (χ4v) is 2.77. The lowest BCUT2D eigenvalue weighted by atomic mass is 10.0. The number of nitrogens with one attached hydrogen (secondary N) is 1. The summed E-state index contributed by atoms with van der Waals surface area (Å²) in [6.45, 7) is 2.38. The molecular formula is C17H19N3O2. The third kappa shape index (κ3) is 3.01. The van der Waals surface area contributed by atoms with Crippen LogP contribution in [0.5, 0.6) is 0 Å². The van der Waals surface area contributed by atoms with Gasteiger partial charge in [0.05, 0.1) is 0 Å². The fraction of sp³-hybridized carbons (Fsp3) is 0.235. The molecule has 0 saturated heterocycles. The van der Waals surface area contributed by atoms with Gasteiger partial charge in [0.25, 0.3) is 5.91 Å².